The van der Waals surface area contributed by atoms with Gasteiger partial charge in [-0.15, -0.1) is 0 Å². The summed E-state index contributed by atoms with van der Waals surface area (Å²) in [4.78, 5) is 2.06. The summed E-state index contributed by atoms with van der Waals surface area (Å²) in [5.74, 6) is 0.431. The lowest BCUT2D eigenvalue weighted by Crippen LogP contribution is -2.27. The molecule has 0 unspecified atom stereocenters. The van der Waals surface area contributed by atoms with Gasteiger partial charge in [-0.25, -0.2) is 4.39 Å². The molecule has 3 nitrogen and oxygen atoms in total. The summed E-state index contributed by atoms with van der Waals surface area (Å²) in [5.41, 5.74) is 2.26. The van der Waals surface area contributed by atoms with Crippen molar-refractivity contribution in [3.8, 4) is 5.75 Å². The van der Waals surface area contributed by atoms with Gasteiger partial charge in [0.2, 0.25) is 0 Å². The van der Waals surface area contributed by atoms with E-state index in [4.69, 9.17) is 16.3 Å². The Labute approximate surface area is 140 Å². The van der Waals surface area contributed by atoms with Crippen LogP contribution in [-0.2, 0) is 0 Å². The van der Waals surface area contributed by atoms with Crippen molar-refractivity contribution in [2.24, 2.45) is 0 Å². The molecule has 2 aromatic carbocycles. The third kappa shape index (κ3) is 3.01. The number of aliphatic hydroxyl groups is 1. The van der Waals surface area contributed by atoms with E-state index in [1.54, 1.807) is 14.0 Å². The van der Waals surface area contributed by atoms with Crippen molar-refractivity contribution in [3.05, 3.63) is 58.4 Å². The maximum Gasteiger partial charge on any atom is 0.123 e. The molecule has 0 bridgehead atoms. The molecule has 2 atom stereocenters. The van der Waals surface area contributed by atoms with Crippen molar-refractivity contribution in [1.82, 2.24) is 0 Å². The van der Waals surface area contributed by atoms with Crippen LogP contribution in [0.2, 0.25) is 5.02 Å². The van der Waals surface area contributed by atoms with Gasteiger partial charge in [0.15, 0.2) is 0 Å². The summed E-state index contributed by atoms with van der Waals surface area (Å²) >= 11 is 6.39. The summed E-state index contributed by atoms with van der Waals surface area (Å²) < 4.78 is 19.0. The van der Waals surface area contributed by atoms with Crippen LogP contribution in [-0.4, -0.2) is 24.9 Å². The summed E-state index contributed by atoms with van der Waals surface area (Å²) in [6, 6.07) is 10.1. The van der Waals surface area contributed by atoms with Gasteiger partial charge in [0.1, 0.15) is 11.6 Å². The number of rotatable bonds is 3. The zero-order chi connectivity index (χ0) is 16.6. The smallest absolute Gasteiger partial charge is 0.123 e. The van der Waals surface area contributed by atoms with E-state index in [0.717, 1.165) is 11.4 Å². The molecular weight excluding hydrogens is 317 g/mol. The highest BCUT2D eigenvalue weighted by molar-refractivity contribution is 6.32. The minimum Gasteiger partial charge on any atom is -0.497 e. The van der Waals surface area contributed by atoms with Crippen molar-refractivity contribution >= 4 is 17.3 Å². The summed E-state index contributed by atoms with van der Waals surface area (Å²) in [5, 5.41) is 10.9. The van der Waals surface area contributed by atoms with Gasteiger partial charge in [-0.1, -0.05) is 11.6 Å². The molecule has 0 saturated carbocycles. The summed E-state index contributed by atoms with van der Waals surface area (Å²) in [6.45, 7) is 2.46. The molecule has 1 aliphatic heterocycles. The molecule has 122 valence electrons. The number of halogens is 2. The quantitative estimate of drug-likeness (QED) is 0.916. The molecule has 1 heterocycles. The van der Waals surface area contributed by atoms with Gasteiger partial charge in [-0.3, -0.25) is 0 Å². The Morgan fingerprint density at radius 1 is 1.26 bits per heavy atom. The second-order valence-corrected chi connectivity index (χ2v) is 6.20. The average molecular weight is 336 g/mol. The second kappa shape index (κ2) is 6.38. The lowest BCUT2D eigenvalue weighted by molar-refractivity contribution is 0.165. The van der Waals surface area contributed by atoms with Crippen molar-refractivity contribution in [3.63, 3.8) is 0 Å². The van der Waals surface area contributed by atoms with Crippen molar-refractivity contribution in [2.45, 2.75) is 25.5 Å². The van der Waals surface area contributed by atoms with Gasteiger partial charge in [-0.05, 0) is 60.9 Å². The minimum atomic E-state index is -0.587. The fourth-order valence-corrected chi connectivity index (χ4v) is 3.40. The molecule has 5 heteroatoms. The van der Waals surface area contributed by atoms with Gasteiger partial charge < -0.3 is 14.7 Å². The summed E-state index contributed by atoms with van der Waals surface area (Å²) in [6.07, 6.45) is 0.0265. The van der Waals surface area contributed by atoms with Crippen LogP contribution in [0.3, 0.4) is 0 Å². The van der Waals surface area contributed by atoms with Crippen LogP contribution in [0.15, 0.2) is 36.4 Å². The van der Waals surface area contributed by atoms with Gasteiger partial charge in [0.25, 0.3) is 0 Å². The Bertz CT molecular complexity index is 705. The van der Waals surface area contributed by atoms with E-state index >= 15 is 0 Å². The number of anilines is 1. The molecule has 0 aliphatic carbocycles. The van der Waals surface area contributed by atoms with Crippen molar-refractivity contribution < 1.29 is 14.2 Å². The van der Waals surface area contributed by atoms with Gasteiger partial charge >= 0.3 is 0 Å². The van der Waals surface area contributed by atoms with E-state index in [1.165, 1.54) is 12.1 Å². The molecule has 0 spiro atoms. The van der Waals surface area contributed by atoms with Crippen LogP contribution in [0.1, 0.15) is 23.6 Å². The third-order valence-electron chi connectivity index (χ3n) is 4.34. The van der Waals surface area contributed by atoms with Crippen LogP contribution in [0.5, 0.6) is 5.75 Å². The molecule has 1 fully saturated rings. The third-order valence-corrected chi connectivity index (χ3v) is 4.85. The average Bonchev–Trinajstić information content (AvgIpc) is 2.92. The Hall–Kier alpha value is -1.78. The lowest BCUT2D eigenvalue weighted by atomic mass is 9.99. The van der Waals surface area contributed by atoms with Gasteiger partial charge in [0.05, 0.1) is 19.3 Å². The maximum atomic E-state index is 13.8. The number of ether oxygens (including phenoxy) is 1. The highest BCUT2D eigenvalue weighted by Gasteiger charge is 2.36. The van der Waals surface area contributed by atoms with Crippen LogP contribution < -0.4 is 9.64 Å². The first-order valence-corrected chi connectivity index (χ1v) is 7.93. The van der Waals surface area contributed by atoms with Crippen molar-refractivity contribution in [2.75, 3.05) is 18.6 Å². The monoisotopic (exact) mass is 335 g/mol. The SMILES string of the molecule is COc1ccc(N2CC[C@@H](O)[C@H]2c2cc(F)cc(C)c2Cl)cc1. The van der Waals surface area contributed by atoms with Crippen LogP contribution in [0, 0.1) is 12.7 Å². The molecule has 23 heavy (non-hydrogen) atoms. The number of methoxy groups -OCH3 is 1. The van der Waals surface area contributed by atoms with Crippen molar-refractivity contribution in [1.29, 1.82) is 0 Å². The molecule has 1 N–H and O–H groups in total. The van der Waals surface area contributed by atoms with E-state index in [9.17, 15) is 9.50 Å². The molecule has 3 rings (SSSR count). The number of nitrogens with zero attached hydrogens (tertiary/aromatic N) is 1. The fourth-order valence-electron chi connectivity index (χ4n) is 3.18. The Kier molecular flexibility index (Phi) is 4.46. The van der Waals surface area contributed by atoms with E-state index in [0.29, 0.717) is 29.1 Å². The Morgan fingerprint density at radius 2 is 1.96 bits per heavy atom. The molecular formula is C18H19ClFNO2. The molecule has 1 aliphatic rings. The van der Waals surface area contributed by atoms with Crippen LogP contribution in [0.25, 0.3) is 0 Å². The zero-order valence-electron chi connectivity index (χ0n) is 13.1. The number of aryl methyl sites for hydroxylation is 1. The van der Waals surface area contributed by atoms with Gasteiger partial charge in [-0.2, -0.15) is 0 Å². The number of hydrogen-bond donors (Lipinski definition) is 1. The van der Waals surface area contributed by atoms with E-state index in [-0.39, 0.29) is 11.9 Å². The fraction of sp³-hybridized carbons (Fsp3) is 0.333. The van der Waals surface area contributed by atoms with Gasteiger partial charge in [0, 0.05) is 17.3 Å². The highest BCUT2D eigenvalue weighted by Crippen LogP contribution is 2.40. The topological polar surface area (TPSA) is 32.7 Å². The molecule has 0 radical (unpaired) electrons. The first kappa shape index (κ1) is 16.1. The number of aliphatic hydroxyl groups excluding tert-OH is 1. The second-order valence-electron chi connectivity index (χ2n) is 5.82. The van der Waals surface area contributed by atoms with Crippen LogP contribution in [0.4, 0.5) is 10.1 Å². The summed E-state index contributed by atoms with van der Waals surface area (Å²) in [7, 11) is 1.62. The minimum absolute atomic E-state index is 0.337. The standard InChI is InChI=1S/C18H19ClFNO2/c1-11-9-12(20)10-15(17(11)19)18-16(22)7-8-21(18)13-3-5-14(23-2)6-4-13/h3-6,9-10,16,18,22H,7-8H2,1-2H3/t16-,18-/m1/s1. The van der Waals surface area contributed by atoms with Crippen LogP contribution >= 0.6 is 11.6 Å². The van der Waals surface area contributed by atoms with E-state index < -0.39 is 6.10 Å². The molecule has 2 aromatic rings. The lowest BCUT2D eigenvalue weighted by Gasteiger charge is -2.30. The number of hydrogen-bond acceptors (Lipinski definition) is 3. The number of benzene rings is 2. The van der Waals surface area contributed by atoms with E-state index in [2.05, 4.69) is 4.90 Å². The highest BCUT2D eigenvalue weighted by atomic mass is 35.5. The predicted octanol–water partition coefficient (Wildman–Crippen LogP) is 4.11. The Balaban J connectivity index is 2.01. The zero-order valence-corrected chi connectivity index (χ0v) is 13.8. The molecule has 0 amide bonds. The van der Waals surface area contributed by atoms with E-state index in [1.807, 2.05) is 24.3 Å². The normalized spacial score (nSPS) is 20.8. The predicted molar refractivity (Wildman–Crippen MR) is 89.9 cm³/mol. The first-order valence-electron chi connectivity index (χ1n) is 7.55. The Morgan fingerprint density at radius 3 is 2.61 bits per heavy atom. The first-order chi connectivity index (χ1) is 11.0. The largest absolute Gasteiger partial charge is 0.497 e. The maximum absolute atomic E-state index is 13.8. The molecule has 0 aromatic heterocycles. The molecule has 1 saturated heterocycles.